The number of hydrogen-bond donors (Lipinski definition) is 1. The van der Waals surface area contributed by atoms with Crippen LogP contribution in [0.25, 0.3) is 0 Å². The van der Waals surface area contributed by atoms with Gasteiger partial charge in [-0.2, -0.15) is 0 Å². The van der Waals surface area contributed by atoms with Gasteiger partial charge in [-0.15, -0.1) is 0 Å². The highest BCUT2D eigenvalue weighted by molar-refractivity contribution is 5.74. The van der Waals surface area contributed by atoms with E-state index in [-0.39, 0.29) is 0 Å². The van der Waals surface area contributed by atoms with E-state index >= 15 is 0 Å². The second-order valence-corrected chi connectivity index (χ2v) is 3.34. The first kappa shape index (κ1) is 10.7. The standard InChI is InChI=1S/C9H12F2N2O/c1-13(2)8(14)12-9(11)5-3-4-7(10)6-9/h3-5H,6H2,1-2H3,(H,12,14). The number of nitrogens with one attached hydrogen (secondary N) is 1. The Balaban J connectivity index is 2.65. The van der Waals surface area contributed by atoms with Crippen LogP contribution in [0.5, 0.6) is 0 Å². The molecule has 0 aromatic rings. The molecule has 0 bridgehead atoms. The van der Waals surface area contributed by atoms with Crippen molar-refractivity contribution in [2.75, 3.05) is 14.1 Å². The maximum absolute atomic E-state index is 13.7. The van der Waals surface area contributed by atoms with Crippen LogP contribution in [0, 0.1) is 0 Å². The summed E-state index contributed by atoms with van der Waals surface area (Å²) in [5.41, 5.74) is 0. The van der Waals surface area contributed by atoms with Crippen LogP contribution in [0.1, 0.15) is 6.42 Å². The highest BCUT2D eigenvalue weighted by Gasteiger charge is 2.32. The van der Waals surface area contributed by atoms with Gasteiger partial charge in [0.2, 0.25) is 5.79 Å². The number of amides is 2. The summed E-state index contributed by atoms with van der Waals surface area (Å²) in [5, 5.41) is 2.08. The molecule has 1 unspecified atom stereocenters. The molecule has 1 atom stereocenters. The van der Waals surface area contributed by atoms with Crippen molar-refractivity contribution in [3.63, 3.8) is 0 Å². The van der Waals surface area contributed by atoms with Crippen molar-refractivity contribution in [1.82, 2.24) is 10.2 Å². The Morgan fingerprint density at radius 1 is 1.64 bits per heavy atom. The smallest absolute Gasteiger partial charge is 0.319 e. The van der Waals surface area contributed by atoms with Crippen molar-refractivity contribution in [2.45, 2.75) is 12.2 Å². The van der Waals surface area contributed by atoms with Crippen LogP contribution in [0.2, 0.25) is 0 Å². The molecule has 5 heteroatoms. The average Bonchev–Trinajstić information content (AvgIpc) is 2.02. The van der Waals surface area contributed by atoms with Crippen molar-refractivity contribution in [2.24, 2.45) is 0 Å². The molecule has 0 radical (unpaired) electrons. The number of carbonyl (C=O) groups is 1. The number of halogens is 2. The van der Waals surface area contributed by atoms with Gasteiger partial charge in [0.05, 0.1) is 6.42 Å². The zero-order valence-corrected chi connectivity index (χ0v) is 8.05. The number of alkyl halides is 1. The van der Waals surface area contributed by atoms with Gasteiger partial charge < -0.3 is 10.2 Å². The lowest BCUT2D eigenvalue weighted by molar-refractivity contribution is 0.149. The zero-order valence-electron chi connectivity index (χ0n) is 8.05. The molecule has 0 heterocycles. The van der Waals surface area contributed by atoms with E-state index in [1.807, 2.05) is 0 Å². The van der Waals surface area contributed by atoms with Gasteiger partial charge in [0.15, 0.2) is 0 Å². The molecular weight excluding hydrogens is 190 g/mol. The quantitative estimate of drug-likeness (QED) is 0.645. The number of hydrogen-bond acceptors (Lipinski definition) is 1. The Morgan fingerprint density at radius 2 is 2.29 bits per heavy atom. The minimum Gasteiger partial charge on any atom is -0.331 e. The Labute approximate surface area is 81.1 Å². The summed E-state index contributed by atoms with van der Waals surface area (Å²) in [4.78, 5) is 12.3. The second kappa shape index (κ2) is 3.77. The molecule has 3 nitrogen and oxygen atoms in total. The van der Waals surface area contributed by atoms with Crippen molar-refractivity contribution in [1.29, 1.82) is 0 Å². The van der Waals surface area contributed by atoms with Crippen LogP contribution in [0.15, 0.2) is 24.1 Å². The van der Waals surface area contributed by atoms with Gasteiger partial charge in [-0.1, -0.05) is 6.08 Å². The topological polar surface area (TPSA) is 32.3 Å². The molecule has 14 heavy (non-hydrogen) atoms. The van der Waals surface area contributed by atoms with Crippen molar-refractivity contribution in [3.8, 4) is 0 Å². The molecule has 0 aromatic carbocycles. The van der Waals surface area contributed by atoms with E-state index in [0.29, 0.717) is 0 Å². The van der Waals surface area contributed by atoms with Crippen LogP contribution in [-0.4, -0.2) is 30.8 Å². The van der Waals surface area contributed by atoms with E-state index < -0.39 is 24.1 Å². The zero-order chi connectivity index (χ0) is 10.8. The summed E-state index contributed by atoms with van der Waals surface area (Å²) in [6.45, 7) is 0. The number of urea groups is 1. The predicted molar refractivity (Wildman–Crippen MR) is 49.0 cm³/mol. The maximum atomic E-state index is 13.7. The van der Waals surface area contributed by atoms with Crippen LogP contribution in [0.3, 0.4) is 0 Å². The molecule has 1 rings (SSSR count). The van der Waals surface area contributed by atoms with Crippen LogP contribution < -0.4 is 5.32 Å². The fourth-order valence-electron chi connectivity index (χ4n) is 1.04. The monoisotopic (exact) mass is 202 g/mol. The van der Waals surface area contributed by atoms with E-state index in [4.69, 9.17) is 0 Å². The number of nitrogens with zero attached hydrogens (tertiary/aromatic N) is 1. The van der Waals surface area contributed by atoms with Crippen LogP contribution >= 0.6 is 0 Å². The van der Waals surface area contributed by atoms with Crippen molar-refractivity contribution < 1.29 is 13.6 Å². The Bertz CT molecular complexity index is 299. The van der Waals surface area contributed by atoms with Crippen molar-refractivity contribution >= 4 is 6.03 Å². The molecule has 1 N–H and O–H groups in total. The lowest BCUT2D eigenvalue weighted by atomic mass is 10.1. The molecule has 0 fully saturated rings. The first-order valence-corrected chi connectivity index (χ1v) is 4.15. The van der Waals surface area contributed by atoms with E-state index in [1.165, 1.54) is 31.1 Å². The van der Waals surface area contributed by atoms with Gasteiger partial charge in [-0.05, 0) is 12.2 Å². The Kier molecular flexibility index (Phi) is 2.88. The van der Waals surface area contributed by atoms with Gasteiger partial charge in [0, 0.05) is 14.1 Å². The summed E-state index contributed by atoms with van der Waals surface area (Å²) in [7, 11) is 2.97. The summed E-state index contributed by atoms with van der Waals surface area (Å²) in [5.74, 6) is -2.70. The Morgan fingerprint density at radius 3 is 2.79 bits per heavy atom. The Hall–Kier alpha value is -1.39. The largest absolute Gasteiger partial charge is 0.331 e. The minimum atomic E-state index is -2.11. The van der Waals surface area contributed by atoms with Gasteiger partial charge in [0.25, 0.3) is 0 Å². The molecule has 0 aromatic heterocycles. The first-order valence-electron chi connectivity index (χ1n) is 4.15. The third-order valence-electron chi connectivity index (χ3n) is 1.78. The highest BCUT2D eigenvalue weighted by Crippen LogP contribution is 2.25. The summed E-state index contributed by atoms with van der Waals surface area (Å²) in [6, 6.07) is -0.591. The number of allylic oxidation sites excluding steroid dienone is 2. The lowest BCUT2D eigenvalue weighted by Gasteiger charge is -2.26. The maximum Gasteiger partial charge on any atom is 0.319 e. The molecule has 0 saturated heterocycles. The third-order valence-corrected chi connectivity index (χ3v) is 1.78. The van der Waals surface area contributed by atoms with E-state index in [0.717, 1.165) is 6.08 Å². The summed E-state index contributed by atoms with van der Waals surface area (Å²) < 4.78 is 26.4. The normalized spacial score (nSPS) is 25.6. The third kappa shape index (κ3) is 2.55. The summed E-state index contributed by atoms with van der Waals surface area (Å²) in [6.07, 6.45) is 3.08. The van der Waals surface area contributed by atoms with Crippen molar-refractivity contribution in [3.05, 3.63) is 24.1 Å². The molecule has 78 valence electrons. The van der Waals surface area contributed by atoms with Gasteiger partial charge in [0.1, 0.15) is 5.83 Å². The van der Waals surface area contributed by atoms with Crippen LogP contribution in [0.4, 0.5) is 13.6 Å². The van der Waals surface area contributed by atoms with E-state index in [2.05, 4.69) is 5.32 Å². The summed E-state index contributed by atoms with van der Waals surface area (Å²) >= 11 is 0. The van der Waals surface area contributed by atoms with E-state index in [1.54, 1.807) is 0 Å². The number of rotatable bonds is 1. The average molecular weight is 202 g/mol. The molecule has 1 aliphatic rings. The highest BCUT2D eigenvalue weighted by atomic mass is 19.2. The molecule has 0 saturated carbocycles. The fraction of sp³-hybridized carbons (Fsp3) is 0.444. The predicted octanol–water partition coefficient (Wildman–Crippen LogP) is 1.74. The lowest BCUT2D eigenvalue weighted by Crippen LogP contribution is -2.48. The van der Waals surface area contributed by atoms with Gasteiger partial charge >= 0.3 is 6.03 Å². The van der Waals surface area contributed by atoms with Gasteiger partial charge in [-0.25, -0.2) is 13.6 Å². The molecule has 0 aliphatic heterocycles. The molecule has 2 amide bonds. The van der Waals surface area contributed by atoms with Gasteiger partial charge in [-0.3, -0.25) is 0 Å². The molecule has 1 aliphatic carbocycles. The van der Waals surface area contributed by atoms with Crippen LogP contribution in [-0.2, 0) is 0 Å². The van der Waals surface area contributed by atoms with E-state index in [9.17, 15) is 13.6 Å². The molecular formula is C9H12F2N2O. The minimum absolute atomic E-state index is 0.455. The fourth-order valence-corrected chi connectivity index (χ4v) is 1.04. The molecule has 0 spiro atoms. The first-order chi connectivity index (χ1) is 6.43. The SMILES string of the molecule is CN(C)C(=O)NC1(F)C=CC=C(F)C1. The number of carbonyl (C=O) groups excluding carboxylic acids is 1. The second-order valence-electron chi connectivity index (χ2n) is 3.34.